The normalized spacial score (nSPS) is 17.2. The summed E-state index contributed by atoms with van der Waals surface area (Å²) in [7, 11) is 0. The van der Waals surface area contributed by atoms with Crippen LogP contribution in [0.2, 0.25) is 0 Å². The Morgan fingerprint density at radius 3 is 2.45 bits per heavy atom. The average Bonchev–Trinajstić information content (AvgIpc) is 3.31. The fourth-order valence-corrected chi connectivity index (χ4v) is 3.32. The zero-order chi connectivity index (χ0) is 20.8. The predicted molar refractivity (Wildman–Crippen MR) is 90.6 cm³/mol. The standard InChI is InChI=1S/C19H12F5N3O2/c20-12-9-15(27-14(6-7-16(27)28)10-4-2-1-3-5-10)13(21)8-11(12)17-25-18(29-26-17)19(22,23)24/h1-5,8-9,14H,6-7H2. The minimum absolute atomic E-state index is 0.155. The lowest BCUT2D eigenvalue weighted by atomic mass is 10.0. The molecular weight excluding hydrogens is 397 g/mol. The fraction of sp³-hybridized carbons (Fsp3) is 0.211. The largest absolute Gasteiger partial charge is 0.471 e. The number of aromatic nitrogens is 2. The third-order valence-corrected chi connectivity index (χ3v) is 4.60. The van der Waals surface area contributed by atoms with E-state index in [1.807, 2.05) is 0 Å². The molecule has 0 N–H and O–H groups in total. The van der Waals surface area contributed by atoms with Crippen LogP contribution < -0.4 is 4.90 Å². The molecule has 1 aromatic heterocycles. The van der Waals surface area contributed by atoms with Gasteiger partial charge in [0.25, 0.3) is 0 Å². The Labute approximate surface area is 160 Å². The first-order valence-electron chi connectivity index (χ1n) is 8.53. The Balaban J connectivity index is 1.73. The summed E-state index contributed by atoms with van der Waals surface area (Å²) in [6, 6.07) is 9.81. The molecular formula is C19H12F5N3O2. The van der Waals surface area contributed by atoms with Crippen molar-refractivity contribution in [2.24, 2.45) is 0 Å². The van der Waals surface area contributed by atoms with Gasteiger partial charge in [-0.15, -0.1) is 0 Å². The van der Waals surface area contributed by atoms with Gasteiger partial charge >= 0.3 is 12.1 Å². The fourth-order valence-electron chi connectivity index (χ4n) is 3.32. The van der Waals surface area contributed by atoms with Crippen molar-refractivity contribution in [1.82, 2.24) is 10.1 Å². The molecule has 2 heterocycles. The number of carbonyl (C=O) groups excluding carboxylic acids is 1. The molecule has 3 aromatic rings. The monoisotopic (exact) mass is 409 g/mol. The molecule has 10 heteroatoms. The summed E-state index contributed by atoms with van der Waals surface area (Å²) in [6.45, 7) is 0. The van der Waals surface area contributed by atoms with Crippen molar-refractivity contribution < 1.29 is 31.3 Å². The van der Waals surface area contributed by atoms with E-state index in [1.165, 1.54) is 0 Å². The van der Waals surface area contributed by atoms with Gasteiger partial charge in [0.05, 0.1) is 17.3 Å². The van der Waals surface area contributed by atoms with E-state index in [0.717, 1.165) is 16.5 Å². The van der Waals surface area contributed by atoms with Crippen LogP contribution >= 0.6 is 0 Å². The molecule has 0 bridgehead atoms. The number of anilines is 1. The number of amides is 1. The molecule has 1 amide bonds. The number of alkyl halides is 3. The third kappa shape index (κ3) is 3.45. The van der Waals surface area contributed by atoms with Crippen LogP contribution in [0, 0.1) is 11.6 Å². The molecule has 4 rings (SSSR count). The van der Waals surface area contributed by atoms with Gasteiger partial charge in [0.1, 0.15) is 11.6 Å². The van der Waals surface area contributed by atoms with Gasteiger partial charge in [-0.2, -0.15) is 18.2 Å². The SMILES string of the molecule is O=C1CCC(c2ccccc2)N1c1cc(F)c(-c2noc(C(F)(F)F)n2)cc1F. The Morgan fingerprint density at radius 1 is 1.07 bits per heavy atom. The maximum absolute atomic E-state index is 14.8. The molecule has 29 heavy (non-hydrogen) atoms. The van der Waals surface area contributed by atoms with Gasteiger partial charge in [-0.25, -0.2) is 8.78 Å². The number of hydrogen-bond acceptors (Lipinski definition) is 4. The number of rotatable bonds is 3. The average molecular weight is 409 g/mol. The highest BCUT2D eigenvalue weighted by atomic mass is 19.4. The molecule has 1 fully saturated rings. The van der Waals surface area contributed by atoms with E-state index in [1.54, 1.807) is 30.3 Å². The van der Waals surface area contributed by atoms with Crippen molar-refractivity contribution >= 4 is 11.6 Å². The summed E-state index contributed by atoms with van der Waals surface area (Å²) >= 11 is 0. The van der Waals surface area contributed by atoms with Crippen LogP contribution in [-0.2, 0) is 11.0 Å². The van der Waals surface area contributed by atoms with Gasteiger partial charge < -0.3 is 9.42 Å². The second kappa shape index (κ2) is 6.94. The Bertz CT molecular complexity index is 1070. The van der Waals surface area contributed by atoms with Crippen molar-refractivity contribution in [3.8, 4) is 11.4 Å². The molecule has 0 radical (unpaired) electrons. The topological polar surface area (TPSA) is 59.2 Å². The van der Waals surface area contributed by atoms with Crippen molar-refractivity contribution in [2.45, 2.75) is 25.1 Å². The van der Waals surface area contributed by atoms with Crippen LogP contribution in [-0.4, -0.2) is 16.0 Å². The number of halogens is 5. The minimum Gasteiger partial charge on any atom is -0.329 e. The smallest absolute Gasteiger partial charge is 0.329 e. The van der Waals surface area contributed by atoms with Gasteiger partial charge in [0.2, 0.25) is 11.7 Å². The lowest BCUT2D eigenvalue weighted by molar-refractivity contribution is -0.159. The molecule has 1 unspecified atom stereocenters. The highest BCUT2D eigenvalue weighted by Gasteiger charge is 2.39. The maximum atomic E-state index is 14.8. The minimum atomic E-state index is -4.91. The van der Waals surface area contributed by atoms with E-state index >= 15 is 0 Å². The van der Waals surface area contributed by atoms with E-state index < -0.39 is 41.1 Å². The van der Waals surface area contributed by atoms with Crippen LogP contribution in [0.5, 0.6) is 0 Å². The van der Waals surface area contributed by atoms with Gasteiger partial charge in [-0.3, -0.25) is 4.79 Å². The number of carbonyl (C=O) groups is 1. The first-order chi connectivity index (χ1) is 13.8. The van der Waals surface area contributed by atoms with Gasteiger partial charge in [-0.1, -0.05) is 35.5 Å². The number of hydrogen-bond donors (Lipinski definition) is 0. The molecule has 1 aliphatic heterocycles. The first-order valence-corrected chi connectivity index (χ1v) is 8.53. The van der Waals surface area contributed by atoms with Crippen molar-refractivity contribution in [2.75, 3.05) is 4.90 Å². The molecule has 150 valence electrons. The van der Waals surface area contributed by atoms with E-state index in [9.17, 15) is 26.7 Å². The van der Waals surface area contributed by atoms with Gasteiger partial charge in [-0.05, 0) is 18.1 Å². The number of benzene rings is 2. The summed E-state index contributed by atoms with van der Waals surface area (Å²) in [4.78, 5) is 16.6. The predicted octanol–water partition coefficient (Wildman–Crippen LogP) is 4.90. The Kier molecular flexibility index (Phi) is 4.56. The highest BCUT2D eigenvalue weighted by molar-refractivity contribution is 5.96. The van der Waals surface area contributed by atoms with E-state index in [0.29, 0.717) is 12.5 Å². The maximum Gasteiger partial charge on any atom is 0.471 e. The van der Waals surface area contributed by atoms with Crippen molar-refractivity contribution in [1.29, 1.82) is 0 Å². The second-order valence-corrected chi connectivity index (χ2v) is 6.43. The van der Waals surface area contributed by atoms with Crippen LogP contribution in [0.1, 0.15) is 30.3 Å². The molecule has 5 nitrogen and oxygen atoms in total. The molecule has 1 atom stereocenters. The third-order valence-electron chi connectivity index (χ3n) is 4.60. The van der Waals surface area contributed by atoms with Crippen molar-refractivity contribution in [3.05, 3.63) is 65.6 Å². The second-order valence-electron chi connectivity index (χ2n) is 6.43. The lowest BCUT2D eigenvalue weighted by Gasteiger charge is -2.26. The molecule has 0 saturated carbocycles. The van der Waals surface area contributed by atoms with Crippen molar-refractivity contribution in [3.63, 3.8) is 0 Å². The van der Waals surface area contributed by atoms with Crippen LogP contribution in [0.4, 0.5) is 27.6 Å². The Morgan fingerprint density at radius 2 is 1.79 bits per heavy atom. The number of nitrogens with zero attached hydrogens (tertiary/aromatic N) is 3. The molecule has 1 saturated heterocycles. The van der Waals surface area contributed by atoms with Crippen LogP contribution in [0.3, 0.4) is 0 Å². The van der Waals surface area contributed by atoms with E-state index in [4.69, 9.17) is 0 Å². The zero-order valence-corrected chi connectivity index (χ0v) is 14.6. The molecule has 2 aromatic carbocycles. The quantitative estimate of drug-likeness (QED) is 0.578. The van der Waals surface area contributed by atoms with E-state index in [2.05, 4.69) is 14.7 Å². The summed E-state index contributed by atoms with van der Waals surface area (Å²) < 4.78 is 71.3. The van der Waals surface area contributed by atoms with Crippen LogP contribution in [0.25, 0.3) is 11.4 Å². The van der Waals surface area contributed by atoms with Gasteiger partial charge in [0, 0.05) is 12.5 Å². The van der Waals surface area contributed by atoms with Gasteiger partial charge in [0.15, 0.2) is 0 Å². The van der Waals surface area contributed by atoms with Crippen LogP contribution in [0.15, 0.2) is 47.0 Å². The summed E-state index contributed by atoms with van der Waals surface area (Å²) in [6.07, 6.45) is -4.33. The highest BCUT2D eigenvalue weighted by Crippen LogP contribution is 2.40. The summed E-state index contributed by atoms with van der Waals surface area (Å²) in [5.74, 6) is -4.87. The zero-order valence-electron chi connectivity index (χ0n) is 14.6. The molecule has 1 aliphatic rings. The van der Waals surface area contributed by atoms with E-state index in [-0.39, 0.29) is 18.0 Å². The molecule has 0 spiro atoms. The summed E-state index contributed by atoms with van der Waals surface area (Å²) in [5, 5.41) is 3.07. The summed E-state index contributed by atoms with van der Waals surface area (Å²) in [5.41, 5.74) is -0.147. The molecule has 0 aliphatic carbocycles. The first kappa shape index (κ1) is 19.0. The lowest BCUT2D eigenvalue weighted by Crippen LogP contribution is -2.28. The Hall–Kier alpha value is -3.30.